The van der Waals surface area contributed by atoms with Crippen molar-refractivity contribution in [2.24, 2.45) is 5.18 Å². The third-order valence-corrected chi connectivity index (χ3v) is 3.46. The molecule has 152 valence electrons. The molecule has 0 radical (unpaired) electrons. The smallest absolute Gasteiger partial charge is 0.461 e. The highest BCUT2D eigenvalue weighted by molar-refractivity contribution is 5.40. The lowest BCUT2D eigenvalue weighted by molar-refractivity contribution is -0.253. The zero-order valence-electron chi connectivity index (χ0n) is 14.6. The Balaban J connectivity index is 2.43. The lowest BCUT2D eigenvalue weighted by atomic mass is 9.98. The predicted molar refractivity (Wildman–Crippen MR) is 87.8 cm³/mol. The van der Waals surface area contributed by atoms with Crippen molar-refractivity contribution in [1.29, 1.82) is 0 Å². The van der Waals surface area contributed by atoms with Gasteiger partial charge in [0.1, 0.15) is 17.6 Å². The van der Waals surface area contributed by atoms with Gasteiger partial charge in [-0.05, 0) is 49.2 Å². The van der Waals surface area contributed by atoms with Crippen LogP contribution in [0.3, 0.4) is 0 Å². The van der Waals surface area contributed by atoms with Crippen LogP contribution in [0.1, 0.15) is 31.0 Å². The van der Waals surface area contributed by atoms with Gasteiger partial charge in [0.25, 0.3) is 0 Å². The summed E-state index contributed by atoms with van der Waals surface area (Å²) in [6.07, 6.45) is -9.39. The lowest BCUT2D eigenvalue weighted by Crippen LogP contribution is -2.33. The molecule has 2 aromatic rings. The van der Waals surface area contributed by atoms with Gasteiger partial charge in [-0.2, -0.15) is 17.6 Å². The Morgan fingerprint density at radius 2 is 1.68 bits per heavy atom. The topological polar surface area (TPSA) is 47.9 Å². The van der Waals surface area contributed by atoms with Crippen molar-refractivity contribution in [3.8, 4) is 11.5 Å². The Bertz CT molecular complexity index is 844. The van der Waals surface area contributed by atoms with E-state index in [4.69, 9.17) is 4.74 Å². The number of hydrogen-bond acceptors (Lipinski definition) is 4. The Labute approximate surface area is 156 Å². The van der Waals surface area contributed by atoms with Gasteiger partial charge in [-0.1, -0.05) is 11.2 Å². The van der Waals surface area contributed by atoms with E-state index >= 15 is 0 Å². The van der Waals surface area contributed by atoms with E-state index in [-0.39, 0.29) is 16.9 Å². The number of alkyl halides is 4. The molecular weight excluding hydrogens is 392 g/mol. The van der Waals surface area contributed by atoms with Crippen LogP contribution in [0.2, 0.25) is 0 Å². The molecule has 0 spiro atoms. The summed E-state index contributed by atoms with van der Waals surface area (Å²) in [5.74, 6) is -2.96. The molecule has 0 N–H and O–H groups in total. The third kappa shape index (κ3) is 5.14. The highest BCUT2D eigenvalue weighted by Crippen LogP contribution is 2.34. The molecule has 0 saturated heterocycles. The first-order valence-corrected chi connectivity index (χ1v) is 7.97. The molecule has 2 aromatic carbocycles. The Morgan fingerprint density at radius 3 is 2.25 bits per heavy atom. The molecule has 1 unspecified atom stereocenters. The van der Waals surface area contributed by atoms with E-state index in [0.717, 1.165) is 24.3 Å². The number of nitroso groups, excluding NO2 is 1. The van der Waals surface area contributed by atoms with Gasteiger partial charge >= 0.3 is 12.5 Å². The summed E-state index contributed by atoms with van der Waals surface area (Å²) in [7, 11) is 0. The molecule has 0 aliphatic heterocycles. The maximum absolute atomic E-state index is 13.8. The predicted octanol–water partition coefficient (Wildman–Crippen LogP) is 5.84. The van der Waals surface area contributed by atoms with Gasteiger partial charge in [0.05, 0.1) is 6.10 Å². The van der Waals surface area contributed by atoms with Gasteiger partial charge < -0.3 is 9.47 Å². The minimum absolute atomic E-state index is 0.0734. The summed E-state index contributed by atoms with van der Waals surface area (Å²) in [6.45, 7) is 3.28. The number of rotatable bonds is 8. The average molecular weight is 407 g/mol. The first-order valence-electron chi connectivity index (χ1n) is 7.97. The average Bonchev–Trinajstić information content (AvgIpc) is 2.57. The summed E-state index contributed by atoms with van der Waals surface area (Å²) < 4.78 is 87.5. The van der Waals surface area contributed by atoms with Crippen LogP contribution in [0.15, 0.2) is 41.6 Å². The lowest BCUT2D eigenvalue weighted by Gasteiger charge is -2.19. The zero-order valence-corrected chi connectivity index (χ0v) is 14.6. The minimum Gasteiger partial charge on any atom is -0.488 e. The summed E-state index contributed by atoms with van der Waals surface area (Å²) in [5, 5.41) is 2.81. The number of ether oxygens (including phenoxy) is 2. The molecule has 0 fully saturated rings. The quantitative estimate of drug-likeness (QED) is 0.408. The second-order valence-electron chi connectivity index (χ2n) is 6.05. The molecule has 0 amide bonds. The van der Waals surface area contributed by atoms with E-state index in [1.165, 1.54) is 6.07 Å². The van der Waals surface area contributed by atoms with Gasteiger partial charge in [0, 0.05) is 6.07 Å². The summed E-state index contributed by atoms with van der Waals surface area (Å²) in [6, 6.07) is 3.90. The van der Waals surface area contributed by atoms with E-state index in [1.54, 1.807) is 13.8 Å². The fraction of sp³-hybridized carbons (Fsp3) is 0.333. The van der Waals surface area contributed by atoms with Crippen molar-refractivity contribution >= 4 is 0 Å². The zero-order chi connectivity index (χ0) is 21.1. The van der Waals surface area contributed by atoms with E-state index in [0.29, 0.717) is 6.07 Å². The molecule has 4 nitrogen and oxygen atoms in total. The molecule has 0 aromatic heterocycles. The Kier molecular flexibility index (Phi) is 6.52. The molecule has 0 bridgehead atoms. The molecule has 2 rings (SSSR count). The van der Waals surface area contributed by atoms with Crippen molar-refractivity contribution in [3.05, 3.63) is 64.1 Å². The van der Waals surface area contributed by atoms with Crippen LogP contribution in [0.5, 0.6) is 11.5 Å². The maximum Gasteiger partial charge on any atom is 0.461 e. The highest BCUT2D eigenvalue weighted by atomic mass is 19.3. The van der Waals surface area contributed by atoms with Crippen LogP contribution >= 0.6 is 0 Å². The SMILES string of the molecule is CC(C)Oc1cc(C(N=O)c2cc(F)cc(OC(F)(F)C(F)F)c2)ccc1F. The Hall–Kier alpha value is -2.78. The molecule has 0 saturated carbocycles. The van der Waals surface area contributed by atoms with Crippen LogP contribution in [0.25, 0.3) is 0 Å². The van der Waals surface area contributed by atoms with Crippen LogP contribution < -0.4 is 9.47 Å². The monoisotopic (exact) mass is 407 g/mol. The second kappa shape index (κ2) is 8.49. The summed E-state index contributed by atoms with van der Waals surface area (Å²) in [5.41, 5.74) is -0.179. The Morgan fingerprint density at radius 1 is 1.00 bits per heavy atom. The first kappa shape index (κ1) is 21.5. The molecule has 10 heteroatoms. The van der Waals surface area contributed by atoms with Crippen molar-refractivity contribution in [2.45, 2.75) is 38.5 Å². The van der Waals surface area contributed by atoms with Gasteiger partial charge in [-0.15, -0.1) is 4.91 Å². The second-order valence-corrected chi connectivity index (χ2v) is 6.05. The van der Waals surface area contributed by atoms with Crippen LogP contribution in [-0.4, -0.2) is 18.6 Å². The number of nitrogens with zero attached hydrogens (tertiary/aromatic N) is 1. The van der Waals surface area contributed by atoms with Gasteiger partial charge in [0.15, 0.2) is 11.6 Å². The van der Waals surface area contributed by atoms with Crippen molar-refractivity contribution in [1.82, 2.24) is 0 Å². The highest BCUT2D eigenvalue weighted by Gasteiger charge is 2.44. The number of benzene rings is 2. The van der Waals surface area contributed by atoms with E-state index in [1.807, 2.05) is 0 Å². The van der Waals surface area contributed by atoms with Crippen molar-refractivity contribution in [3.63, 3.8) is 0 Å². The van der Waals surface area contributed by atoms with E-state index in [2.05, 4.69) is 9.91 Å². The molecule has 0 aliphatic rings. The normalized spacial score (nSPS) is 12.9. The fourth-order valence-corrected chi connectivity index (χ4v) is 2.35. The standard InChI is InChI=1S/C18H15F6NO3/c1-9(2)27-15-7-10(3-4-14(15)20)16(25-26)11-5-12(19)8-13(6-11)28-18(23,24)17(21)22/h3-9,16-17H,1-2H3. The molecule has 0 aliphatic carbocycles. The van der Waals surface area contributed by atoms with Crippen molar-refractivity contribution < 1.29 is 35.8 Å². The number of hydrogen-bond donors (Lipinski definition) is 0. The van der Waals surface area contributed by atoms with Crippen LogP contribution in [0.4, 0.5) is 26.3 Å². The van der Waals surface area contributed by atoms with Crippen LogP contribution in [-0.2, 0) is 0 Å². The van der Waals surface area contributed by atoms with Gasteiger partial charge in [-0.3, -0.25) is 0 Å². The fourth-order valence-electron chi connectivity index (χ4n) is 2.35. The minimum atomic E-state index is -4.86. The van der Waals surface area contributed by atoms with Crippen LogP contribution in [0, 0.1) is 16.5 Å². The molecule has 28 heavy (non-hydrogen) atoms. The van der Waals surface area contributed by atoms with Crippen molar-refractivity contribution in [2.75, 3.05) is 0 Å². The molecule has 0 heterocycles. The number of halogens is 6. The van der Waals surface area contributed by atoms with Gasteiger partial charge in [-0.25, -0.2) is 8.78 Å². The summed E-state index contributed by atoms with van der Waals surface area (Å²) in [4.78, 5) is 11.3. The first-order chi connectivity index (χ1) is 13.0. The summed E-state index contributed by atoms with van der Waals surface area (Å²) >= 11 is 0. The van der Waals surface area contributed by atoms with E-state index in [9.17, 15) is 31.2 Å². The molecular formula is C18H15F6NO3. The largest absolute Gasteiger partial charge is 0.488 e. The maximum atomic E-state index is 13.8. The molecule has 1 atom stereocenters. The van der Waals surface area contributed by atoms with Gasteiger partial charge in [0.2, 0.25) is 0 Å². The third-order valence-electron chi connectivity index (χ3n) is 3.46. The van der Waals surface area contributed by atoms with E-state index < -0.39 is 42.1 Å².